The third-order valence-electron chi connectivity index (χ3n) is 1.72. The highest BCUT2D eigenvalue weighted by molar-refractivity contribution is 5.66. The van der Waals surface area contributed by atoms with Crippen molar-refractivity contribution >= 4 is 6.09 Å². The molecule has 0 aliphatic carbocycles. The van der Waals surface area contributed by atoms with E-state index < -0.39 is 17.7 Å². The summed E-state index contributed by atoms with van der Waals surface area (Å²) in [7, 11) is 0. The number of amides is 1. The quantitative estimate of drug-likeness (QED) is 0.591. The molecule has 0 heterocycles. The molecular formula is C8H17NO4. The average Bonchev–Trinajstić information content (AvgIpc) is 1.96. The van der Waals surface area contributed by atoms with Gasteiger partial charge < -0.3 is 15.3 Å². The molecule has 0 atom stereocenters. The Balaban J connectivity index is 4.69. The Morgan fingerprint density at radius 1 is 1.31 bits per heavy atom. The van der Waals surface area contributed by atoms with Gasteiger partial charge in [-0.25, -0.2) is 4.79 Å². The van der Waals surface area contributed by atoms with Crippen LogP contribution >= 0.6 is 0 Å². The maximum atomic E-state index is 10.8. The third-order valence-corrected chi connectivity index (χ3v) is 1.72. The molecule has 0 aliphatic heterocycles. The van der Waals surface area contributed by atoms with E-state index >= 15 is 0 Å². The molecule has 0 aliphatic rings. The summed E-state index contributed by atoms with van der Waals surface area (Å²) in [4.78, 5) is 11.9. The van der Waals surface area contributed by atoms with Gasteiger partial charge in [0, 0.05) is 5.54 Å². The lowest BCUT2D eigenvalue weighted by Gasteiger charge is -2.37. The van der Waals surface area contributed by atoms with Gasteiger partial charge in [-0.3, -0.25) is 4.90 Å². The van der Waals surface area contributed by atoms with Gasteiger partial charge in [0.1, 0.15) is 0 Å². The van der Waals surface area contributed by atoms with Crippen molar-refractivity contribution in [3.05, 3.63) is 0 Å². The van der Waals surface area contributed by atoms with Gasteiger partial charge in [-0.2, -0.15) is 0 Å². The number of hydrogen-bond donors (Lipinski definition) is 3. The molecule has 5 nitrogen and oxygen atoms in total. The number of aliphatic hydroxyl groups excluding tert-OH is 2. The van der Waals surface area contributed by atoms with Crippen molar-refractivity contribution in [1.29, 1.82) is 0 Å². The Kier molecular flexibility index (Phi) is 4.16. The fourth-order valence-corrected chi connectivity index (χ4v) is 1.21. The van der Waals surface area contributed by atoms with Crippen LogP contribution in [0.25, 0.3) is 0 Å². The SMILES string of the molecule is CC(C)(C)N(C(=O)O)C(CO)CO. The van der Waals surface area contributed by atoms with E-state index in [-0.39, 0.29) is 13.2 Å². The minimum Gasteiger partial charge on any atom is -0.465 e. The molecule has 0 unspecified atom stereocenters. The smallest absolute Gasteiger partial charge is 0.408 e. The largest absolute Gasteiger partial charge is 0.465 e. The van der Waals surface area contributed by atoms with Crippen LogP contribution in [0, 0.1) is 0 Å². The lowest BCUT2D eigenvalue weighted by Crippen LogP contribution is -2.54. The third kappa shape index (κ3) is 3.20. The minimum atomic E-state index is -1.14. The molecule has 0 saturated carbocycles. The number of hydrogen-bond acceptors (Lipinski definition) is 3. The van der Waals surface area contributed by atoms with Crippen LogP contribution in [0.3, 0.4) is 0 Å². The Morgan fingerprint density at radius 3 is 1.77 bits per heavy atom. The van der Waals surface area contributed by atoms with Gasteiger partial charge in [0.05, 0.1) is 19.3 Å². The second kappa shape index (κ2) is 4.43. The predicted octanol–water partition coefficient (Wildman–Crippen LogP) is 0.118. The number of nitrogens with zero attached hydrogens (tertiary/aromatic N) is 1. The van der Waals surface area contributed by atoms with Crippen LogP contribution in [0.15, 0.2) is 0 Å². The van der Waals surface area contributed by atoms with Gasteiger partial charge in [0.2, 0.25) is 0 Å². The molecule has 0 aromatic carbocycles. The number of aliphatic hydroxyl groups is 2. The van der Waals surface area contributed by atoms with Crippen molar-refractivity contribution in [2.24, 2.45) is 0 Å². The lowest BCUT2D eigenvalue weighted by molar-refractivity contribution is 0.0219. The monoisotopic (exact) mass is 191 g/mol. The summed E-state index contributed by atoms with van der Waals surface area (Å²) < 4.78 is 0. The zero-order chi connectivity index (χ0) is 10.6. The first-order chi connectivity index (χ1) is 5.84. The summed E-state index contributed by atoms with van der Waals surface area (Å²) in [6.07, 6.45) is -1.14. The van der Waals surface area contributed by atoms with Gasteiger partial charge in [0.25, 0.3) is 0 Å². The molecular weight excluding hydrogens is 174 g/mol. The van der Waals surface area contributed by atoms with Crippen LogP contribution in [0.2, 0.25) is 0 Å². The standard InChI is InChI=1S/C8H17NO4/c1-8(2,3)9(7(12)13)6(4-10)5-11/h6,10-11H,4-5H2,1-3H3,(H,12,13). The first-order valence-electron chi connectivity index (χ1n) is 4.08. The second-order valence-corrected chi connectivity index (χ2v) is 3.84. The summed E-state index contributed by atoms with van der Waals surface area (Å²) in [6.45, 7) is 4.37. The Labute approximate surface area is 77.6 Å². The van der Waals surface area contributed by atoms with Crippen LogP contribution in [-0.2, 0) is 0 Å². The van der Waals surface area contributed by atoms with E-state index in [0.29, 0.717) is 0 Å². The first-order valence-corrected chi connectivity index (χ1v) is 4.08. The zero-order valence-corrected chi connectivity index (χ0v) is 8.19. The van der Waals surface area contributed by atoms with Crippen molar-refractivity contribution in [1.82, 2.24) is 4.90 Å². The molecule has 0 saturated heterocycles. The maximum absolute atomic E-state index is 10.8. The Bertz CT molecular complexity index is 171. The van der Waals surface area contributed by atoms with Crippen molar-refractivity contribution < 1.29 is 20.1 Å². The summed E-state index contributed by atoms with van der Waals surface area (Å²) >= 11 is 0. The molecule has 13 heavy (non-hydrogen) atoms. The highest BCUT2D eigenvalue weighted by atomic mass is 16.4. The molecule has 3 N–H and O–H groups in total. The Hall–Kier alpha value is -0.810. The van der Waals surface area contributed by atoms with E-state index in [1.54, 1.807) is 20.8 Å². The van der Waals surface area contributed by atoms with Crippen molar-refractivity contribution in [2.45, 2.75) is 32.4 Å². The zero-order valence-electron chi connectivity index (χ0n) is 8.19. The van der Waals surface area contributed by atoms with E-state index in [0.717, 1.165) is 4.90 Å². The summed E-state index contributed by atoms with van der Waals surface area (Å²) in [5.41, 5.74) is -0.623. The van der Waals surface area contributed by atoms with E-state index in [2.05, 4.69) is 0 Å². The van der Waals surface area contributed by atoms with Crippen LogP contribution in [-0.4, -0.2) is 51.1 Å². The lowest BCUT2D eigenvalue weighted by atomic mass is 10.0. The molecule has 1 amide bonds. The molecule has 0 bridgehead atoms. The van der Waals surface area contributed by atoms with Crippen molar-refractivity contribution in [3.63, 3.8) is 0 Å². The molecule has 0 aromatic heterocycles. The molecule has 78 valence electrons. The molecule has 0 spiro atoms. The van der Waals surface area contributed by atoms with Gasteiger partial charge >= 0.3 is 6.09 Å². The van der Waals surface area contributed by atoms with Gasteiger partial charge in [-0.05, 0) is 20.8 Å². The van der Waals surface area contributed by atoms with E-state index in [4.69, 9.17) is 15.3 Å². The summed E-state index contributed by atoms with van der Waals surface area (Å²) in [5, 5.41) is 26.5. The van der Waals surface area contributed by atoms with Crippen LogP contribution in [0.5, 0.6) is 0 Å². The topological polar surface area (TPSA) is 81.0 Å². The van der Waals surface area contributed by atoms with Crippen LogP contribution < -0.4 is 0 Å². The molecule has 0 fully saturated rings. The average molecular weight is 191 g/mol. The van der Waals surface area contributed by atoms with Gasteiger partial charge in [-0.15, -0.1) is 0 Å². The van der Waals surface area contributed by atoms with Crippen molar-refractivity contribution in [3.8, 4) is 0 Å². The molecule has 5 heteroatoms. The number of carboxylic acid groups (broad SMARTS) is 1. The number of carbonyl (C=O) groups is 1. The fraction of sp³-hybridized carbons (Fsp3) is 0.875. The molecule has 0 radical (unpaired) electrons. The molecule has 0 aromatic rings. The van der Waals surface area contributed by atoms with Gasteiger partial charge in [-0.1, -0.05) is 0 Å². The van der Waals surface area contributed by atoms with Crippen molar-refractivity contribution in [2.75, 3.05) is 13.2 Å². The first kappa shape index (κ1) is 12.2. The van der Waals surface area contributed by atoms with E-state index in [9.17, 15) is 4.79 Å². The maximum Gasteiger partial charge on any atom is 0.408 e. The van der Waals surface area contributed by atoms with E-state index in [1.807, 2.05) is 0 Å². The highest BCUT2D eigenvalue weighted by Crippen LogP contribution is 2.16. The fourth-order valence-electron chi connectivity index (χ4n) is 1.21. The molecule has 0 rings (SSSR count). The summed E-state index contributed by atoms with van der Waals surface area (Å²) in [5.74, 6) is 0. The van der Waals surface area contributed by atoms with Gasteiger partial charge in [0.15, 0.2) is 0 Å². The Morgan fingerprint density at radius 2 is 1.69 bits per heavy atom. The normalized spacial score (nSPS) is 11.8. The summed E-state index contributed by atoms with van der Waals surface area (Å²) in [6, 6.07) is -0.752. The predicted molar refractivity (Wildman–Crippen MR) is 47.6 cm³/mol. The van der Waals surface area contributed by atoms with Crippen LogP contribution in [0.1, 0.15) is 20.8 Å². The van der Waals surface area contributed by atoms with E-state index in [1.165, 1.54) is 0 Å². The highest BCUT2D eigenvalue weighted by Gasteiger charge is 2.32. The van der Waals surface area contributed by atoms with Crippen LogP contribution in [0.4, 0.5) is 4.79 Å². The number of rotatable bonds is 3. The second-order valence-electron chi connectivity index (χ2n) is 3.84. The minimum absolute atomic E-state index is 0.375.